The molecular formula is C19H21FN2O. The Hall–Kier alpha value is -2.36. The third kappa shape index (κ3) is 4.31. The fourth-order valence-corrected chi connectivity index (χ4v) is 2.85. The third-order valence-electron chi connectivity index (χ3n) is 4.18. The zero-order valence-electron chi connectivity index (χ0n) is 13.1. The van der Waals surface area contributed by atoms with Crippen LogP contribution in [0.15, 0.2) is 48.5 Å². The van der Waals surface area contributed by atoms with E-state index in [1.165, 1.54) is 30.7 Å². The van der Waals surface area contributed by atoms with E-state index in [-0.39, 0.29) is 11.7 Å². The Labute approximate surface area is 136 Å². The van der Waals surface area contributed by atoms with Gasteiger partial charge in [-0.25, -0.2) is 4.39 Å². The summed E-state index contributed by atoms with van der Waals surface area (Å²) in [6, 6.07) is 14.4. The van der Waals surface area contributed by atoms with Crippen LogP contribution in [-0.4, -0.2) is 19.0 Å². The Morgan fingerprint density at radius 3 is 2.22 bits per heavy atom. The van der Waals surface area contributed by atoms with Crippen molar-refractivity contribution in [1.82, 2.24) is 5.32 Å². The summed E-state index contributed by atoms with van der Waals surface area (Å²) in [5, 5.41) is 2.86. The molecule has 0 aliphatic carbocycles. The van der Waals surface area contributed by atoms with Gasteiger partial charge in [-0.1, -0.05) is 24.3 Å². The van der Waals surface area contributed by atoms with Crippen molar-refractivity contribution < 1.29 is 9.18 Å². The molecule has 0 atom stereocenters. The number of benzene rings is 2. The maximum Gasteiger partial charge on any atom is 0.224 e. The highest BCUT2D eigenvalue weighted by atomic mass is 19.1. The molecule has 1 fully saturated rings. The summed E-state index contributed by atoms with van der Waals surface area (Å²) in [7, 11) is 0. The van der Waals surface area contributed by atoms with E-state index in [9.17, 15) is 9.18 Å². The highest BCUT2D eigenvalue weighted by Crippen LogP contribution is 2.20. The number of nitrogens with zero attached hydrogens (tertiary/aromatic N) is 1. The van der Waals surface area contributed by atoms with Crippen molar-refractivity contribution in [2.24, 2.45) is 0 Å². The molecule has 1 aliphatic heterocycles. The fourth-order valence-electron chi connectivity index (χ4n) is 2.85. The van der Waals surface area contributed by atoms with E-state index in [2.05, 4.69) is 22.3 Å². The Morgan fingerprint density at radius 2 is 1.57 bits per heavy atom. The molecule has 1 aliphatic rings. The predicted molar refractivity (Wildman–Crippen MR) is 89.8 cm³/mol. The minimum Gasteiger partial charge on any atom is -0.372 e. The maximum absolute atomic E-state index is 12.8. The number of halogens is 1. The first kappa shape index (κ1) is 15.5. The monoisotopic (exact) mass is 312 g/mol. The third-order valence-corrected chi connectivity index (χ3v) is 4.18. The molecule has 0 unspecified atom stereocenters. The van der Waals surface area contributed by atoms with Crippen LogP contribution in [0.2, 0.25) is 0 Å². The van der Waals surface area contributed by atoms with Crippen LogP contribution in [0.4, 0.5) is 10.1 Å². The second kappa shape index (κ2) is 7.27. The lowest BCUT2D eigenvalue weighted by Gasteiger charge is -2.17. The Balaban J connectivity index is 1.50. The van der Waals surface area contributed by atoms with Crippen LogP contribution in [0.25, 0.3) is 0 Å². The van der Waals surface area contributed by atoms with Crippen molar-refractivity contribution >= 4 is 11.6 Å². The summed E-state index contributed by atoms with van der Waals surface area (Å²) in [6.07, 6.45) is 2.88. The number of nitrogens with one attached hydrogen (secondary N) is 1. The molecule has 1 saturated heterocycles. The first-order chi connectivity index (χ1) is 11.2. The zero-order valence-corrected chi connectivity index (χ0v) is 13.1. The van der Waals surface area contributed by atoms with Gasteiger partial charge in [0.15, 0.2) is 0 Å². The smallest absolute Gasteiger partial charge is 0.224 e. The van der Waals surface area contributed by atoms with E-state index in [0.29, 0.717) is 13.0 Å². The van der Waals surface area contributed by atoms with Crippen molar-refractivity contribution in [2.45, 2.75) is 25.8 Å². The summed E-state index contributed by atoms with van der Waals surface area (Å²) in [5.74, 6) is -0.290. The number of amides is 1. The van der Waals surface area contributed by atoms with Gasteiger partial charge in [-0.05, 0) is 48.2 Å². The molecule has 1 N–H and O–H groups in total. The van der Waals surface area contributed by atoms with Gasteiger partial charge in [0, 0.05) is 25.3 Å². The SMILES string of the molecule is O=C(Cc1ccc(N2CCCC2)cc1)NCc1ccc(F)cc1. The summed E-state index contributed by atoms with van der Waals surface area (Å²) in [6.45, 7) is 2.67. The second-order valence-corrected chi connectivity index (χ2v) is 5.94. The molecule has 0 radical (unpaired) electrons. The molecule has 0 saturated carbocycles. The van der Waals surface area contributed by atoms with E-state index < -0.39 is 0 Å². The standard InChI is InChI=1S/C19H21FN2O/c20-17-7-3-16(4-8-17)14-21-19(23)13-15-5-9-18(10-6-15)22-11-1-2-12-22/h3-10H,1-2,11-14H2,(H,21,23). The quantitative estimate of drug-likeness (QED) is 0.919. The van der Waals surface area contributed by atoms with Gasteiger partial charge in [0.1, 0.15) is 5.82 Å². The van der Waals surface area contributed by atoms with Gasteiger partial charge in [-0.15, -0.1) is 0 Å². The summed E-state index contributed by atoms with van der Waals surface area (Å²) in [5.41, 5.74) is 3.13. The number of rotatable bonds is 5. The Morgan fingerprint density at radius 1 is 0.957 bits per heavy atom. The molecule has 0 aromatic heterocycles. The lowest BCUT2D eigenvalue weighted by molar-refractivity contribution is -0.120. The van der Waals surface area contributed by atoms with Crippen molar-refractivity contribution in [1.29, 1.82) is 0 Å². The molecule has 2 aromatic carbocycles. The molecule has 1 heterocycles. The normalized spacial score (nSPS) is 14.0. The van der Waals surface area contributed by atoms with E-state index in [4.69, 9.17) is 0 Å². The van der Waals surface area contributed by atoms with Crippen LogP contribution in [0.5, 0.6) is 0 Å². The topological polar surface area (TPSA) is 32.3 Å². The minimum atomic E-state index is -0.266. The van der Waals surface area contributed by atoms with Gasteiger partial charge in [-0.3, -0.25) is 4.79 Å². The van der Waals surface area contributed by atoms with E-state index >= 15 is 0 Å². The van der Waals surface area contributed by atoms with Crippen LogP contribution in [-0.2, 0) is 17.8 Å². The lowest BCUT2D eigenvalue weighted by Crippen LogP contribution is -2.24. The van der Waals surface area contributed by atoms with Crippen LogP contribution < -0.4 is 10.2 Å². The van der Waals surface area contributed by atoms with Crippen LogP contribution in [0.1, 0.15) is 24.0 Å². The molecule has 3 nitrogen and oxygen atoms in total. The number of hydrogen-bond donors (Lipinski definition) is 1. The van der Waals surface area contributed by atoms with E-state index in [1.807, 2.05) is 12.1 Å². The van der Waals surface area contributed by atoms with Crippen LogP contribution in [0, 0.1) is 5.82 Å². The Bertz CT molecular complexity index is 646. The molecule has 0 bridgehead atoms. The van der Waals surface area contributed by atoms with Gasteiger partial charge in [0.25, 0.3) is 0 Å². The first-order valence-electron chi connectivity index (χ1n) is 8.06. The van der Waals surface area contributed by atoms with E-state index in [0.717, 1.165) is 24.2 Å². The molecule has 0 spiro atoms. The predicted octanol–water partition coefficient (Wildman–Crippen LogP) is 3.28. The summed E-state index contributed by atoms with van der Waals surface area (Å²) < 4.78 is 12.8. The molecule has 120 valence electrons. The molecular weight excluding hydrogens is 291 g/mol. The molecule has 3 rings (SSSR count). The molecule has 1 amide bonds. The van der Waals surface area contributed by atoms with Gasteiger partial charge in [0.2, 0.25) is 5.91 Å². The molecule has 2 aromatic rings. The van der Waals surface area contributed by atoms with Crippen LogP contribution >= 0.6 is 0 Å². The van der Waals surface area contributed by atoms with Crippen molar-refractivity contribution in [3.63, 3.8) is 0 Å². The first-order valence-corrected chi connectivity index (χ1v) is 8.06. The van der Waals surface area contributed by atoms with Crippen LogP contribution in [0.3, 0.4) is 0 Å². The summed E-state index contributed by atoms with van der Waals surface area (Å²) in [4.78, 5) is 14.4. The van der Waals surface area contributed by atoms with Crippen molar-refractivity contribution in [3.8, 4) is 0 Å². The zero-order chi connectivity index (χ0) is 16.1. The van der Waals surface area contributed by atoms with Crippen molar-refractivity contribution in [2.75, 3.05) is 18.0 Å². The van der Waals surface area contributed by atoms with Gasteiger partial charge >= 0.3 is 0 Å². The van der Waals surface area contributed by atoms with Gasteiger partial charge in [0.05, 0.1) is 6.42 Å². The highest BCUT2D eigenvalue weighted by Gasteiger charge is 2.12. The molecule has 4 heteroatoms. The summed E-state index contributed by atoms with van der Waals surface area (Å²) >= 11 is 0. The lowest BCUT2D eigenvalue weighted by atomic mass is 10.1. The molecule has 23 heavy (non-hydrogen) atoms. The largest absolute Gasteiger partial charge is 0.372 e. The minimum absolute atomic E-state index is 0.0248. The average Bonchev–Trinajstić information content (AvgIpc) is 3.09. The second-order valence-electron chi connectivity index (χ2n) is 5.94. The number of anilines is 1. The number of carbonyl (C=O) groups is 1. The fraction of sp³-hybridized carbons (Fsp3) is 0.316. The van der Waals surface area contributed by atoms with Gasteiger partial charge in [-0.2, -0.15) is 0 Å². The average molecular weight is 312 g/mol. The maximum atomic E-state index is 12.8. The van der Waals surface area contributed by atoms with E-state index in [1.54, 1.807) is 12.1 Å². The van der Waals surface area contributed by atoms with Crippen molar-refractivity contribution in [3.05, 3.63) is 65.5 Å². The Kier molecular flexibility index (Phi) is 4.91. The highest BCUT2D eigenvalue weighted by molar-refractivity contribution is 5.78. The number of carbonyl (C=O) groups excluding carboxylic acids is 1. The number of hydrogen-bond acceptors (Lipinski definition) is 2. The van der Waals surface area contributed by atoms with Gasteiger partial charge < -0.3 is 10.2 Å².